The summed E-state index contributed by atoms with van der Waals surface area (Å²) in [5.74, 6) is -0.305. The molecule has 0 heterocycles. The second-order valence-corrected chi connectivity index (χ2v) is 5.86. The van der Waals surface area contributed by atoms with Gasteiger partial charge in [-0.3, -0.25) is 9.59 Å². The predicted molar refractivity (Wildman–Crippen MR) is 97.8 cm³/mol. The average Bonchev–Trinajstić information content (AvgIpc) is 2.53. The van der Waals surface area contributed by atoms with E-state index in [0.717, 1.165) is 16.8 Å². The lowest BCUT2D eigenvalue weighted by atomic mass is 10.1. The van der Waals surface area contributed by atoms with Gasteiger partial charge in [-0.25, -0.2) is 0 Å². The molecule has 0 bridgehead atoms. The monoisotopic (exact) mass is 342 g/mol. The van der Waals surface area contributed by atoms with Crippen LogP contribution in [0.25, 0.3) is 6.08 Å². The number of carbonyl (C=O) groups is 2. The molecule has 2 N–H and O–H groups in total. The molecular weight excluding hydrogens is 324 g/mol. The zero-order valence-electron chi connectivity index (χ0n) is 13.5. The van der Waals surface area contributed by atoms with Crippen molar-refractivity contribution >= 4 is 35.2 Å². The number of halogens is 1. The Balaban J connectivity index is 1.93. The fourth-order valence-corrected chi connectivity index (χ4v) is 2.37. The molecule has 2 aromatic rings. The lowest BCUT2D eigenvalue weighted by molar-refractivity contribution is -0.117. The summed E-state index contributed by atoms with van der Waals surface area (Å²) in [6.45, 7) is 3.36. The molecule has 4 nitrogen and oxygen atoms in total. The molecule has 24 heavy (non-hydrogen) atoms. The Hall–Kier alpha value is -2.59. The summed E-state index contributed by atoms with van der Waals surface area (Å²) in [7, 11) is 0. The number of anilines is 1. The normalized spacial score (nSPS) is 12.0. The fraction of sp³-hybridized carbons (Fsp3) is 0.158. The third kappa shape index (κ3) is 5.56. The third-order valence-corrected chi connectivity index (χ3v) is 3.60. The van der Waals surface area contributed by atoms with E-state index in [4.69, 9.17) is 11.6 Å². The van der Waals surface area contributed by atoms with Crippen LogP contribution in [0.2, 0.25) is 5.02 Å². The number of benzene rings is 2. The molecule has 0 fully saturated rings. The van der Waals surface area contributed by atoms with Crippen LogP contribution in [0, 0.1) is 0 Å². The Bertz CT molecular complexity index is 754. The maximum Gasteiger partial charge on any atom is 0.244 e. The van der Waals surface area contributed by atoms with Crippen molar-refractivity contribution < 1.29 is 9.59 Å². The van der Waals surface area contributed by atoms with E-state index in [2.05, 4.69) is 10.6 Å². The van der Waals surface area contributed by atoms with Crippen molar-refractivity contribution in [1.29, 1.82) is 0 Å². The van der Waals surface area contributed by atoms with Crippen LogP contribution in [-0.4, -0.2) is 11.8 Å². The van der Waals surface area contributed by atoms with Crippen LogP contribution in [0.1, 0.15) is 31.0 Å². The summed E-state index contributed by atoms with van der Waals surface area (Å²) in [4.78, 5) is 23.0. The molecule has 2 rings (SSSR count). The predicted octanol–water partition coefficient (Wildman–Crippen LogP) is 4.19. The molecule has 2 aromatic carbocycles. The van der Waals surface area contributed by atoms with Gasteiger partial charge < -0.3 is 10.6 Å². The number of hydrogen-bond donors (Lipinski definition) is 2. The van der Waals surface area contributed by atoms with Crippen molar-refractivity contribution in [2.75, 3.05) is 5.32 Å². The van der Waals surface area contributed by atoms with E-state index in [9.17, 15) is 9.59 Å². The van der Waals surface area contributed by atoms with Crippen LogP contribution in [-0.2, 0) is 9.59 Å². The van der Waals surface area contributed by atoms with Crippen molar-refractivity contribution in [3.8, 4) is 0 Å². The van der Waals surface area contributed by atoms with Gasteiger partial charge in [0, 0.05) is 23.7 Å². The summed E-state index contributed by atoms with van der Waals surface area (Å²) in [6, 6.07) is 14.5. The Morgan fingerprint density at radius 3 is 2.46 bits per heavy atom. The van der Waals surface area contributed by atoms with Crippen LogP contribution < -0.4 is 10.6 Å². The first-order valence-corrected chi connectivity index (χ1v) is 7.93. The molecular formula is C19H19ClN2O2. The van der Waals surface area contributed by atoms with Gasteiger partial charge in [-0.2, -0.15) is 0 Å². The molecule has 0 aromatic heterocycles. The Morgan fingerprint density at radius 2 is 1.83 bits per heavy atom. The maximum atomic E-state index is 12.0. The van der Waals surface area contributed by atoms with E-state index in [1.807, 2.05) is 37.3 Å². The first-order chi connectivity index (χ1) is 11.4. The van der Waals surface area contributed by atoms with E-state index in [-0.39, 0.29) is 17.9 Å². The van der Waals surface area contributed by atoms with Crippen molar-refractivity contribution in [2.45, 2.75) is 19.9 Å². The Labute approximate surface area is 146 Å². The summed E-state index contributed by atoms with van der Waals surface area (Å²) >= 11 is 5.96. The van der Waals surface area contributed by atoms with Crippen LogP contribution >= 0.6 is 11.6 Å². The van der Waals surface area contributed by atoms with E-state index in [0.29, 0.717) is 5.02 Å². The minimum absolute atomic E-state index is 0.118. The van der Waals surface area contributed by atoms with Crippen LogP contribution in [0.4, 0.5) is 5.69 Å². The van der Waals surface area contributed by atoms with Gasteiger partial charge in [-0.1, -0.05) is 35.9 Å². The van der Waals surface area contributed by atoms with Crippen LogP contribution in [0.5, 0.6) is 0 Å². The smallest absolute Gasteiger partial charge is 0.244 e. The number of amides is 2. The number of rotatable bonds is 5. The fourth-order valence-electron chi connectivity index (χ4n) is 2.17. The highest BCUT2D eigenvalue weighted by Crippen LogP contribution is 2.17. The molecule has 2 amide bonds. The molecule has 0 radical (unpaired) electrons. The topological polar surface area (TPSA) is 58.2 Å². The summed E-state index contributed by atoms with van der Waals surface area (Å²) in [5, 5.41) is 6.22. The van der Waals surface area contributed by atoms with E-state index < -0.39 is 0 Å². The highest BCUT2D eigenvalue weighted by atomic mass is 35.5. The van der Waals surface area contributed by atoms with Crippen molar-refractivity contribution in [3.63, 3.8) is 0 Å². The minimum atomic E-state index is -0.187. The molecule has 1 atom stereocenters. The molecule has 0 saturated heterocycles. The van der Waals surface area contributed by atoms with E-state index >= 15 is 0 Å². The van der Waals surface area contributed by atoms with Crippen LogP contribution in [0.15, 0.2) is 54.6 Å². The van der Waals surface area contributed by atoms with Crippen molar-refractivity contribution in [3.05, 3.63) is 70.8 Å². The van der Waals surface area contributed by atoms with Gasteiger partial charge in [0.2, 0.25) is 11.8 Å². The van der Waals surface area contributed by atoms with Gasteiger partial charge in [-0.15, -0.1) is 0 Å². The Kier molecular flexibility index (Phi) is 6.15. The maximum absolute atomic E-state index is 12.0. The van der Waals surface area contributed by atoms with Gasteiger partial charge in [0.15, 0.2) is 0 Å². The largest absolute Gasteiger partial charge is 0.346 e. The van der Waals surface area contributed by atoms with Gasteiger partial charge in [0.25, 0.3) is 0 Å². The zero-order valence-corrected chi connectivity index (χ0v) is 14.3. The second-order valence-electron chi connectivity index (χ2n) is 5.42. The third-order valence-electron chi connectivity index (χ3n) is 3.37. The molecule has 0 spiro atoms. The van der Waals surface area contributed by atoms with Gasteiger partial charge in [0.05, 0.1) is 6.04 Å². The number of nitrogens with one attached hydrogen (secondary N) is 2. The molecule has 0 aliphatic rings. The molecule has 1 unspecified atom stereocenters. The van der Waals surface area contributed by atoms with Crippen molar-refractivity contribution in [2.24, 2.45) is 0 Å². The molecule has 0 aliphatic carbocycles. The summed E-state index contributed by atoms with van der Waals surface area (Å²) < 4.78 is 0. The lowest BCUT2D eigenvalue weighted by Crippen LogP contribution is -2.24. The molecule has 0 saturated carbocycles. The van der Waals surface area contributed by atoms with Gasteiger partial charge in [-0.05, 0) is 48.4 Å². The highest BCUT2D eigenvalue weighted by molar-refractivity contribution is 6.30. The Morgan fingerprint density at radius 1 is 1.12 bits per heavy atom. The average molecular weight is 343 g/mol. The van der Waals surface area contributed by atoms with Gasteiger partial charge in [0.1, 0.15) is 0 Å². The van der Waals surface area contributed by atoms with E-state index in [1.165, 1.54) is 13.0 Å². The zero-order chi connectivity index (χ0) is 17.5. The van der Waals surface area contributed by atoms with Crippen LogP contribution in [0.3, 0.4) is 0 Å². The first-order valence-electron chi connectivity index (χ1n) is 7.56. The van der Waals surface area contributed by atoms with E-state index in [1.54, 1.807) is 24.3 Å². The highest BCUT2D eigenvalue weighted by Gasteiger charge is 2.07. The summed E-state index contributed by atoms with van der Waals surface area (Å²) in [5.41, 5.74) is 2.54. The van der Waals surface area contributed by atoms with Crippen molar-refractivity contribution in [1.82, 2.24) is 5.32 Å². The first kappa shape index (κ1) is 17.8. The van der Waals surface area contributed by atoms with Gasteiger partial charge >= 0.3 is 0 Å². The standard InChI is InChI=1S/C19H19ClN2O2/c1-13(16-4-3-5-17(20)12-16)21-19(24)11-8-15-6-9-18(10-7-15)22-14(2)23/h3-13H,1-2H3,(H,21,24)(H,22,23)/b11-8+. The lowest BCUT2D eigenvalue weighted by Gasteiger charge is -2.13. The number of carbonyl (C=O) groups excluding carboxylic acids is 2. The quantitative estimate of drug-likeness (QED) is 0.800. The summed E-state index contributed by atoms with van der Waals surface area (Å²) in [6.07, 6.45) is 3.20. The molecule has 124 valence electrons. The molecule has 5 heteroatoms. The minimum Gasteiger partial charge on any atom is -0.346 e. The second kappa shape index (κ2) is 8.31. The molecule has 0 aliphatic heterocycles. The number of hydrogen-bond acceptors (Lipinski definition) is 2. The SMILES string of the molecule is CC(=O)Nc1ccc(/C=C/C(=O)NC(C)c2cccc(Cl)c2)cc1.